The van der Waals surface area contributed by atoms with E-state index >= 15 is 0 Å². The van der Waals surface area contributed by atoms with Crippen LogP contribution in [0.3, 0.4) is 0 Å². The molecule has 0 radical (unpaired) electrons. The van der Waals surface area contributed by atoms with Crippen LogP contribution >= 0.6 is 0 Å². The molecule has 1 aliphatic rings. The molecule has 0 aliphatic heterocycles. The summed E-state index contributed by atoms with van der Waals surface area (Å²) in [5.41, 5.74) is 9.17. The average molecular weight is 239 g/mol. The maximum absolute atomic E-state index is 6.13. The van der Waals surface area contributed by atoms with Crippen LogP contribution in [0, 0.1) is 6.92 Å². The van der Waals surface area contributed by atoms with Gasteiger partial charge in [0.25, 0.3) is 0 Å². The van der Waals surface area contributed by atoms with Crippen LogP contribution in [0.1, 0.15) is 36.8 Å². The van der Waals surface area contributed by atoms with E-state index in [9.17, 15) is 0 Å². The first-order valence-corrected chi connectivity index (χ1v) is 6.95. The normalized spacial score (nSPS) is 18.3. The Labute approximate surface area is 109 Å². The minimum Gasteiger partial charge on any atom is -0.330 e. The van der Waals surface area contributed by atoms with Crippen molar-refractivity contribution in [2.45, 2.75) is 38.0 Å². The fourth-order valence-corrected chi connectivity index (χ4v) is 3.48. The smallest absolute Gasteiger partial charge is 0.00817 e. The van der Waals surface area contributed by atoms with E-state index in [0.29, 0.717) is 0 Å². The summed E-state index contributed by atoms with van der Waals surface area (Å²) in [4.78, 5) is 0. The van der Waals surface area contributed by atoms with E-state index in [0.717, 1.165) is 6.54 Å². The van der Waals surface area contributed by atoms with Crippen LogP contribution in [-0.4, -0.2) is 6.54 Å². The van der Waals surface area contributed by atoms with E-state index in [2.05, 4.69) is 43.3 Å². The maximum atomic E-state index is 6.13. The van der Waals surface area contributed by atoms with Crippen molar-refractivity contribution < 1.29 is 0 Å². The van der Waals surface area contributed by atoms with E-state index in [1.165, 1.54) is 47.6 Å². The molecule has 1 nitrogen and oxygen atoms in total. The second-order valence-corrected chi connectivity index (χ2v) is 5.72. The average Bonchev–Trinajstić information content (AvgIpc) is 2.88. The lowest BCUT2D eigenvalue weighted by molar-refractivity contribution is 0.457. The molecule has 1 fully saturated rings. The lowest BCUT2D eigenvalue weighted by Gasteiger charge is -2.29. The summed E-state index contributed by atoms with van der Waals surface area (Å²) >= 11 is 0. The first-order valence-electron chi connectivity index (χ1n) is 6.95. The zero-order valence-corrected chi connectivity index (χ0v) is 11.1. The Morgan fingerprint density at radius 1 is 1.11 bits per heavy atom. The van der Waals surface area contributed by atoms with Gasteiger partial charge in [-0.1, -0.05) is 54.8 Å². The molecule has 0 spiro atoms. The Morgan fingerprint density at radius 2 is 1.89 bits per heavy atom. The van der Waals surface area contributed by atoms with Crippen LogP contribution in [0.2, 0.25) is 0 Å². The molecule has 1 heteroatoms. The Hall–Kier alpha value is -1.34. The fraction of sp³-hybridized carbons (Fsp3) is 0.412. The van der Waals surface area contributed by atoms with E-state index in [1.807, 2.05) is 0 Å². The summed E-state index contributed by atoms with van der Waals surface area (Å²) in [5, 5.41) is 2.75. The maximum Gasteiger partial charge on any atom is 0.00817 e. The van der Waals surface area contributed by atoms with Crippen molar-refractivity contribution in [3.8, 4) is 0 Å². The van der Waals surface area contributed by atoms with Gasteiger partial charge in [-0.25, -0.2) is 0 Å². The first kappa shape index (κ1) is 11.7. The van der Waals surface area contributed by atoms with Crippen molar-refractivity contribution in [2.75, 3.05) is 6.54 Å². The molecule has 1 saturated carbocycles. The summed E-state index contributed by atoms with van der Waals surface area (Å²) in [5.74, 6) is 0. The molecule has 94 valence electrons. The third-order valence-corrected chi connectivity index (χ3v) is 4.56. The van der Waals surface area contributed by atoms with Crippen LogP contribution in [-0.2, 0) is 5.41 Å². The number of rotatable bonds is 2. The van der Waals surface area contributed by atoms with Crippen LogP contribution in [0.5, 0.6) is 0 Å². The number of benzene rings is 2. The molecule has 2 aromatic rings. The highest BCUT2D eigenvalue weighted by Crippen LogP contribution is 2.43. The van der Waals surface area contributed by atoms with Gasteiger partial charge in [-0.2, -0.15) is 0 Å². The van der Waals surface area contributed by atoms with Gasteiger partial charge in [-0.15, -0.1) is 0 Å². The SMILES string of the molecule is Cc1ccc2cccc(C3(CN)CCCC3)c2c1. The van der Waals surface area contributed by atoms with Crippen molar-refractivity contribution in [1.29, 1.82) is 0 Å². The lowest BCUT2D eigenvalue weighted by Crippen LogP contribution is -2.32. The van der Waals surface area contributed by atoms with Gasteiger partial charge >= 0.3 is 0 Å². The molecule has 2 N–H and O–H groups in total. The number of hydrogen-bond donors (Lipinski definition) is 1. The number of aryl methyl sites for hydroxylation is 1. The molecule has 18 heavy (non-hydrogen) atoms. The van der Waals surface area contributed by atoms with Crippen molar-refractivity contribution in [1.82, 2.24) is 0 Å². The molecule has 0 amide bonds. The molecule has 2 aromatic carbocycles. The molecular formula is C17H21N. The predicted octanol–water partition coefficient (Wildman–Crippen LogP) is 3.92. The van der Waals surface area contributed by atoms with Crippen LogP contribution in [0.4, 0.5) is 0 Å². The molecule has 0 unspecified atom stereocenters. The van der Waals surface area contributed by atoms with E-state index in [4.69, 9.17) is 5.73 Å². The third kappa shape index (κ3) is 1.74. The van der Waals surface area contributed by atoms with Gasteiger partial charge in [0, 0.05) is 12.0 Å². The van der Waals surface area contributed by atoms with Gasteiger partial charge in [0.05, 0.1) is 0 Å². The number of fused-ring (bicyclic) bond motifs is 1. The van der Waals surface area contributed by atoms with E-state index in [1.54, 1.807) is 0 Å². The summed E-state index contributed by atoms with van der Waals surface area (Å²) in [6, 6.07) is 13.4. The van der Waals surface area contributed by atoms with Crippen LogP contribution in [0.25, 0.3) is 10.8 Å². The van der Waals surface area contributed by atoms with Gasteiger partial charge < -0.3 is 5.73 Å². The molecular weight excluding hydrogens is 218 g/mol. The second kappa shape index (κ2) is 4.40. The summed E-state index contributed by atoms with van der Waals surface area (Å²) in [6.07, 6.45) is 5.13. The predicted molar refractivity (Wildman–Crippen MR) is 77.9 cm³/mol. The standard InChI is InChI=1S/C17H21N/c1-13-7-8-14-5-4-6-16(15(14)11-13)17(12-18)9-2-3-10-17/h4-8,11H,2-3,9-10,12,18H2,1H3. The van der Waals surface area contributed by atoms with Crippen LogP contribution < -0.4 is 5.73 Å². The van der Waals surface area contributed by atoms with Gasteiger partial charge in [0.1, 0.15) is 0 Å². The van der Waals surface area contributed by atoms with Crippen molar-refractivity contribution in [3.63, 3.8) is 0 Å². The van der Waals surface area contributed by atoms with Crippen LogP contribution in [0.15, 0.2) is 36.4 Å². The fourth-order valence-electron chi connectivity index (χ4n) is 3.48. The molecule has 3 rings (SSSR count). The van der Waals surface area contributed by atoms with Gasteiger partial charge in [-0.3, -0.25) is 0 Å². The molecule has 1 aliphatic carbocycles. The van der Waals surface area contributed by atoms with Gasteiger partial charge in [0.2, 0.25) is 0 Å². The monoisotopic (exact) mass is 239 g/mol. The first-order chi connectivity index (χ1) is 8.75. The Kier molecular flexibility index (Phi) is 2.87. The summed E-state index contributed by atoms with van der Waals surface area (Å²) < 4.78 is 0. The second-order valence-electron chi connectivity index (χ2n) is 5.72. The van der Waals surface area contributed by atoms with Crippen molar-refractivity contribution in [2.24, 2.45) is 5.73 Å². The number of nitrogens with two attached hydrogens (primary N) is 1. The largest absolute Gasteiger partial charge is 0.330 e. The lowest BCUT2D eigenvalue weighted by atomic mass is 9.76. The quantitative estimate of drug-likeness (QED) is 0.844. The Bertz CT molecular complexity index is 565. The van der Waals surface area contributed by atoms with E-state index < -0.39 is 0 Å². The highest BCUT2D eigenvalue weighted by Gasteiger charge is 2.35. The van der Waals surface area contributed by atoms with Crippen molar-refractivity contribution >= 4 is 10.8 Å². The zero-order valence-electron chi connectivity index (χ0n) is 11.1. The molecule has 0 atom stereocenters. The molecule has 0 aromatic heterocycles. The topological polar surface area (TPSA) is 26.0 Å². The highest BCUT2D eigenvalue weighted by molar-refractivity contribution is 5.87. The molecule has 0 saturated heterocycles. The summed E-state index contributed by atoms with van der Waals surface area (Å²) in [7, 11) is 0. The van der Waals surface area contributed by atoms with E-state index in [-0.39, 0.29) is 5.41 Å². The van der Waals surface area contributed by atoms with Gasteiger partial charge in [0.15, 0.2) is 0 Å². The zero-order chi connectivity index (χ0) is 12.6. The van der Waals surface area contributed by atoms with Crippen molar-refractivity contribution in [3.05, 3.63) is 47.5 Å². The molecule has 0 heterocycles. The van der Waals surface area contributed by atoms with Gasteiger partial charge in [-0.05, 0) is 36.1 Å². The third-order valence-electron chi connectivity index (χ3n) is 4.56. The minimum absolute atomic E-state index is 0.229. The minimum atomic E-state index is 0.229. The Morgan fingerprint density at radius 3 is 2.61 bits per heavy atom. The summed E-state index contributed by atoms with van der Waals surface area (Å²) in [6.45, 7) is 2.94. The Balaban J connectivity index is 2.24. The number of hydrogen-bond acceptors (Lipinski definition) is 1. The molecule has 0 bridgehead atoms. The highest BCUT2D eigenvalue weighted by atomic mass is 14.6.